The summed E-state index contributed by atoms with van der Waals surface area (Å²) in [5.41, 5.74) is -2.11. The van der Waals surface area contributed by atoms with Crippen molar-refractivity contribution in [3.8, 4) is 0 Å². The average Bonchev–Trinajstić information content (AvgIpc) is 2.40. The van der Waals surface area contributed by atoms with Crippen LogP contribution in [0.5, 0.6) is 0 Å². The SMILES string of the molecule is O=C(NC12CC(Cl)(C1)C2)c1cc(C(F)(F)F)ccc1NS(=O)(=O)C1COC1. The lowest BCUT2D eigenvalue weighted by molar-refractivity contribution is -0.137. The number of halogens is 4. The van der Waals surface area contributed by atoms with Gasteiger partial charge in [0, 0.05) is 5.54 Å². The molecule has 148 valence electrons. The predicted octanol–water partition coefficient (Wildman–Crippen LogP) is 2.49. The molecule has 0 atom stereocenters. The zero-order valence-corrected chi connectivity index (χ0v) is 15.5. The molecule has 1 amide bonds. The van der Waals surface area contributed by atoms with Crippen LogP contribution >= 0.6 is 11.6 Å². The number of nitrogens with one attached hydrogen (secondary N) is 2. The van der Waals surface area contributed by atoms with Crippen molar-refractivity contribution in [2.45, 2.75) is 41.1 Å². The van der Waals surface area contributed by atoms with E-state index in [2.05, 4.69) is 10.0 Å². The molecule has 4 aliphatic rings. The molecule has 4 fully saturated rings. The fourth-order valence-electron chi connectivity index (χ4n) is 3.73. The summed E-state index contributed by atoms with van der Waals surface area (Å²) in [6.07, 6.45) is -3.02. The van der Waals surface area contributed by atoms with Crippen molar-refractivity contribution in [3.05, 3.63) is 29.3 Å². The van der Waals surface area contributed by atoms with Gasteiger partial charge in [-0.3, -0.25) is 9.52 Å². The van der Waals surface area contributed by atoms with Crippen LogP contribution in [0.1, 0.15) is 35.2 Å². The topological polar surface area (TPSA) is 84.5 Å². The van der Waals surface area contributed by atoms with Crippen LogP contribution < -0.4 is 10.0 Å². The fourth-order valence-corrected chi connectivity index (χ4v) is 5.70. The lowest BCUT2D eigenvalue weighted by Gasteiger charge is -2.67. The highest BCUT2D eigenvalue weighted by atomic mass is 35.5. The second-order valence-electron chi connectivity index (χ2n) is 7.48. The van der Waals surface area contributed by atoms with Gasteiger partial charge in [0.25, 0.3) is 5.91 Å². The first-order valence-electron chi connectivity index (χ1n) is 8.24. The normalized spacial score (nSPS) is 29.9. The minimum Gasteiger partial charge on any atom is -0.378 e. The number of carbonyl (C=O) groups excluding carboxylic acids is 1. The van der Waals surface area contributed by atoms with Gasteiger partial charge in [-0.2, -0.15) is 13.2 Å². The third-order valence-electron chi connectivity index (χ3n) is 5.23. The monoisotopic (exact) mass is 424 g/mol. The van der Waals surface area contributed by atoms with Crippen molar-refractivity contribution in [3.63, 3.8) is 0 Å². The van der Waals surface area contributed by atoms with E-state index in [-0.39, 0.29) is 29.3 Å². The van der Waals surface area contributed by atoms with Crippen molar-refractivity contribution in [2.75, 3.05) is 17.9 Å². The largest absolute Gasteiger partial charge is 0.416 e. The molecule has 5 rings (SSSR count). The second-order valence-corrected chi connectivity index (χ2v) is 10.2. The van der Waals surface area contributed by atoms with Gasteiger partial charge in [-0.15, -0.1) is 11.6 Å². The number of carbonyl (C=O) groups is 1. The van der Waals surface area contributed by atoms with Crippen LogP contribution in [0.4, 0.5) is 18.9 Å². The first-order chi connectivity index (χ1) is 12.4. The first kappa shape index (κ1) is 18.8. The molecule has 1 aromatic carbocycles. The van der Waals surface area contributed by atoms with Crippen LogP contribution in [-0.2, 0) is 20.9 Å². The van der Waals surface area contributed by atoms with Crippen molar-refractivity contribution in [1.29, 1.82) is 0 Å². The van der Waals surface area contributed by atoms with Gasteiger partial charge in [-0.05, 0) is 37.5 Å². The number of amides is 1. The molecule has 3 saturated carbocycles. The number of sulfonamides is 1. The molecule has 1 aromatic rings. The van der Waals surface area contributed by atoms with Gasteiger partial charge in [0.1, 0.15) is 5.25 Å². The Labute approximate surface area is 158 Å². The summed E-state index contributed by atoms with van der Waals surface area (Å²) in [5.74, 6) is -0.762. The summed E-state index contributed by atoms with van der Waals surface area (Å²) in [6.45, 7) is -0.00315. The Morgan fingerprint density at radius 1 is 1.22 bits per heavy atom. The predicted molar refractivity (Wildman–Crippen MR) is 91.2 cm³/mol. The highest BCUT2D eigenvalue weighted by Crippen LogP contribution is 2.64. The van der Waals surface area contributed by atoms with E-state index in [4.69, 9.17) is 16.3 Å². The molecule has 1 saturated heterocycles. The molecule has 11 heteroatoms. The molecule has 2 N–H and O–H groups in total. The van der Waals surface area contributed by atoms with Crippen LogP contribution in [0.3, 0.4) is 0 Å². The lowest BCUT2D eigenvalue weighted by atomic mass is 9.49. The van der Waals surface area contributed by atoms with Crippen LogP contribution in [0, 0.1) is 0 Å². The van der Waals surface area contributed by atoms with E-state index in [1.807, 2.05) is 0 Å². The highest BCUT2D eigenvalue weighted by Gasteiger charge is 2.68. The van der Waals surface area contributed by atoms with E-state index < -0.39 is 38.5 Å². The third kappa shape index (κ3) is 3.27. The van der Waals surface area contributed by atoms with E-state index in [1.165, 1.54) is 0 Å². The quantitative estimate of drug-likeness (QED) is 0.711. The molecule has 0 unspecified atom stereocenters. The Kier molecular flexibility index (Phi) is 4.00. The van der Waals surface area contributed by atoms with Crippen molar-refractivity contribution >= 4 is 33.2 Å². The maximum absolute atomic E-state index is 13.1. The lowest BCUT2D eigenvalue weighted by Crippen LogP contribution is -2.76. The Balaban J connectivity index is 1.62. The number of ether oxygens (including phenoxy) is 1. The number of hydrogen-bond donors (Lipinski definition) is 2. The van der Waals surface area contributed by atoms with E-state index >= 15 is 0 Å². The van der Waals surface area contributed by atoms with Gasteiger partial charge in [-0.25, -0.2) is 8.42 Å². The van der Waals surface area contributed by atoms with E-state index in [0.29, 0.717) is 25.3 Å². The summed E-state index contributed by atoms with van der Waals surface area (Å²) in [4.78, 5) is 12.3. The molecule has 0 radical (unpaired) electrons. The fraction of sp³-hybridized carbons (Fsp3) is 0.562. The summed E-state index contributed by atoms with van der Waals surface area (Å²) in [6, 6.07) is 2.35. The van der Waals surface area contributed by atoms with E-state index in [1.54, 1.807) is 0 Å². The van der Waals surface area contributed by atoms with Crippen LogP contribution in [0.25, 0.3) is 0 Å². The van der Waals surface area contributed by atoms with Gasteiger partial charge >= 0.3 is 6.18 Å². The summed E-state index contributed by atoms with van der Waals surface area (Å²) < 4.78 is 70.8. The van der Waals surface area contributed by atoms with Crippen molar-refractivity contribution < 1.29 is 31.1 Å². The molecule has 2 bridgehead atoms. The van der Waals surface area contributed by atoms with Gasteiger partial charge in [0.15, 0.2) is 0 Å². The summed E-state index contributed by atoms with van der Waals surface area (Å²) >= 11 is 6.15. The third-order valence-corrected chi connectivity index (χ3v) is 7.29. The van der Waals surface area contributed by atoms with Gasteiger partial charge < -0.3 is 10.1 Å². The molecule has 1 heterocycles. The molecular weight excluding hydrogens is 409 g/mol. The van der Waals surface area contributed by atoms with Crippen molar-refractivity contribution in [1.82, 2.24) is 5.32 Å². The van der Waals surface area contributed by atoms with Crippen LogP contribution in [0.15, 0.2) is 18.2 Å². The zero-order valence-electron chi connectivity index (χ0n) is 13.9. The van der Waals surface area contributed by atoms with Crippen molar-refractivity contribution in [2.24, 2.45) is 0 Å². The maximum Gasteiger partial charge on any atom is 0.416 e. The minimum atomic E-state index is -4.66. The van der Waals surface area contributed by atoms with Gasteiger partial charge in [0.05, 0.1) is 34.9 Å². The number of alkyl halides is 4. The Hall–Kier alpha value is -1.52. The van der Waals surface area contributed by atoms with Crippen LogP contribution in [-0.4, -0.2) is 43.2 Å². The Morgan fingerprint density at radius 2 is 1.85 bits per heavy atom. The number of hydrogen-bond acceptors (Lipinski definition) is 4. The number of benzene rings is 1. The molecule has 0 aromatic heterocycles. The van der Waals surface area contributed by atoms with Crippen LogP contribution in [0.2, 0.25) is 0 Å². The van der Waals surface area contributed by atoms with E-state index in [0.717, 1.165) is 12.1 Å². The Bertz CT molecular complexity index is 895. The first-order valence-corrected chi connectivity index (χ1v) is 10.2. The smallest absolute Gasteiger partial charge is 0.378 e. The van der Waals surface area contributed by atoms with Gasteiger partial charge in [0.2, 0.25) is 10.0 Å². The second kappa shape index (κ2) is 5.74. The number of anilines is 1. The standard InChI is InChI=1S/C16H16ClF3N2O4S/c17-14-6-15(7-14,8-14)21-13(23)11-3-9(16(18,19)20)1-2-12(11)22-27(24,25)10-4-26-5-10/h1-3,10,22H,4-8H2,(H,21,23). The molecule has 3 aliphatic carbocycles. The van der Waals surface area contributed by atoms with Gasteiger partial charge in [-0.1, -0.05) is 0 Å². The molecular formula is C16H16ClF3N2O4S. The zero-order chi connectivity index (χ0) is 19.7. The highest BCUT2D eigenvalue weighted by molar-refractivity contribution is 7.93. The Morgan fingerprint density at radius 3 is 2.33 bits per heavy atom. The molecule has 6 nitrogen and oxygen atoms in total. The summed E-state index contributed by atoms with van der Waals surface area (Å²) in [5, 5.41) is 1.91. The van der Waals surface area contributed by atoms with E-state index in [9.17, 15) is 26.4 Å². The summed E-state index contributed by atoms with van der Waals surface area (Å²) in [7, 11) is -3.87. The minimum absolute atomic E-state index is 0.00157. The average molecular weight is 425 g/mol. The maximum atomic E-state index is 13.1. The number of rotatable bonds is 5. The molecule has 1 aliphatic heterocycles. The molecule has 0 spiro atoms. The molecule has 27 heavy (non-hydrogen) atoms.